The van der Waals surface area contributed by atoms with Crippen LogP contribution >= 0.6 is 0 Å². The molecule has 2 atom stereocenters. The number of carbonyl (C=O) groups is 2. The average Bonchev–Trinajstić information content (AvgIpc) is 2.86. The van der Waals surface area contributed by atoms with Gasteiger partial charge in [0.15, 0.2) is 16.6 Å². The first-order valence-electron chi connectivity index (χ1n) is 9.03. The molecule has 1 aliphatic heterocycles. The van der Waals surface area contributed by atoms with Crippen LogP contribution in [0.3, 0.4) is 0 Å². The predicted octanol–water partition coefficient (Wildman–Crippen LogP) is 3.09. The molecule has 0 aromatic carbocycles. The van der Waals surface area contributed by atoms with Gasteiger partial charge in [0.05, 0.1) is 12.3 Å². The fraction of sp³-hybridized carbons (Fsp3) is 0.875. The molecule has 152 valence electrons. The number of hydrogen-bond donors (Lipinski definition) is 0. The van der Waals surface area contributed by atoms with E-state index in [1.54, 1.807) is 21.3 Å². The highest BCUT2D eigenvalue weighted by Crippen LogP contribution is 2.36. The Bertz CT molecular complexity index is 498. The summed E-state index contributed by atoms with van der Waals surface area (Å²) in [6.45, 7) is 10.8. The minimum atomic E-state index is -2.76. The van der Waals surface area contributed by atoms with Crippen molar-refractivity contribution in [3.8, 4) is 0 Å². The molecule has 10 heteroatoms. The van der Waals surface area contributed by atoms with Crippen LogP contribution < -0.4 is 0 Å². The van der Waals surface area contributed by atoms with Gasteiger partial charge in [0, 0.05) is 26.5 Å². The summed E-state index contributed by atoms with van der Waals surface area (Å²) in [4.78, 5) is 22.8. The normalized spacial score (nSPS) is 20.4. The van der Waals surface area contributed by atoms with Crippen LogP contribution in [-0.2, 0) is 31.7 Å². The molecule has 0 aromatic rings. The zero-order valence-electron chi connectivity index (χ0n) is 17.3. The van der Waals surface area contributed by atoms with Gasteiger partial charge in [-0.05, 0) is 38.7 Å². The highest BCUT2D eigenvalue weighted by molar-refractivity contribution is 6.93. The molecule has 0 N–H and O–H groups in total. The quantitative estimate of drug-likeness (QED) is 0.287. The van der Waals surface area contributed by atoms with Crippen molar-refractivity contribution in [3.63, 3.8) is 0 Å². The highest BCUT2D eigenvalue weighted by atomic mass is 28.5. The maximum Gasteiger partial charge on any atom is 0.502 e. The molecule has 0 aliphatic carbocycles. The van der Waals surface area contributed by atoms with Crippen LogP contribution in [0.2, 0.25) is 37.4 Å². The van der Waals surface area contributed by atoms with E-state index in [-0.39, 0.29) is 23.5 Å². The van der Waals surface area contributed by atoms with Gasteiger partial charge in [0.2, 0.25) is 0 Å². The summed E-state index contributed by atoms with van der Waals surface area (Å²) in [5, 5.41) is 0.0872. The zero-order valence-corrected chi connectivity index (χ0v) is 20.3. The largest absolute Gasteiger partial charge is 0.502 e. The van der Waals surface area contributed by atoms with Crippen LogP contribution in [0.15, 0.2) is 0 Å². The first-order valence-corrected chi connectivity index (χ1v) is 16.9. The lowest BCUT2D eigenvalue weighted by Crippen LogP contribution is -2.59. The second-order valence-corrected chi connectivity index (χ2v) is 20.8. The molecule has 0 saturated carbocycles. The van der Waals surface area contributed by atoms with Gasteiger partial charge >= 0.3 is 20.7 Å². The van der Waals surface area contributed by atoms with Crippen LogP contribution in [0.1, 0.15) is 26.2 Å². The molecule has 0 bridgehead atoms. The summed E-state index contributed by atoms with van der Waals surface area (Å²) in [5.41, 5.74) is 0. The molecule has 2 unspecified atom stereocenters. The van der Waals surface area contributed by atoms with Gasteiger partial charge < -0.3 is 22.1 Å². The Morgan fingerprint density at radius 3 is 2.04 bits per heavy atom. The van der Waals surface area contributed by atoms with Gasteiger partial charge in [0.25, 0.3) is 0 Å². The minimum Gasteiger partial charge on any atom is -0.455 e. The molecule has 1 fully saturated rings. The maximum absolute atomic E-state index is 11.6. The molecule has 0 amide bonds. The number of cyclic esters (lactones) is 2. The number of esters is 2. The smallest absolute Gasteiger partial charge is 0.455 e. The molecule has 0 aromatic heterocycles. The van der Waals surface area contributed by atoms with Crippen LogP contribution in [0.4, 0.5) is 0 Å². The van der Waals surface area contributed by atoms with Crippen LogP contribution in [-0.4, -0.2) is 58.7 Å². The Hall–Kier alpha value is -0.369. The maximum atomic E-state index is 11.6. The van der Waals surface area contributed by atoms with E-state index in [1.807, 2.05) is 0 Å². The standard InChI is InChI=1S/C16H34O7Si3/c1-13(26(19-2,20-3)21-4)25(7,8)23-24(5,6)11-9-10-14-12-15(17)22-16(14)18/h13-14H,9-12H2,1-8H3. The second kappa shape index (κ2) is 9.22. The van der Waals surface area contributed by atoms with E-state index in [0.29, 0.717) is 6.42 Å². The molecule has 7 nitrogen and oxygen atoms in total. The number of carbonyl (C=O) groups excluding carboxylic acids is 2. The topological polar surface area (TPSA) is 80.3 Å². The monoisotopic (exact) mass is 422 g/mol. The number of rotatable bonds is 11. The van der Waals surface area contributed by atoms with Gasteiger partial charge in [-0.25, -0.2) is 0 Å². The third-order valence-corrected chi connectivity index (χ3v) is 19.1. The molecular formula is C16H34O7Si3. The summed E-state index contributed by atoms with van der Waals surface area (Å²) < 4.78 is 28.3. The third kappa shape index (κ3) is 5.81. The van der Waals surface area contributed by atoms with E-state index in [1.165, 1.54) is 0 Å². The molecule has 1 heterocycles. The van der Waals surface area contributed by atoms with Crippen molar-refractivity contribution >= 4 is 37.4 Å². The number of hydrogen-bond acceptors (Lipinski definition) is 7. The SMILES string of the molecule is CO[Si](OC)(OC)C(C)[Si](C)(C)O[Si](C)(C)CCCC1CC(=O)OC1=O. The fourth-order valence-electron chi connectivity index (χ4n) is 3.57. The van der Waals surface area contributed by atoms with Crippen molar-refractivity contribution < 1.29 is 31.7 Å². The second-order valence-electron chi connectivity index (χ2n) is 7.99. The predicted molar refractivity (Wildman–Crippen MR) is 106 cm³/mol. The van der Waals surface area contributed by atoms with Gasteiger partial charge in [-0.1, -0.05) is 13.3 Å². The Morgan fingerprint density at radius 2 is 1.62 bits per heavy atom. The van der Waals surface area contributed by atoms with Crippen molar-refractivity contribution in [2.24, 2.45) is 5.92 Å². The van der Waals surface area contributed by atoms with E-state index in [0.717, 1.165) is 12.5 Å². The van der Waals surface area contributed by atoms with Crippen molar-refractivity contribution in [3.05, 3.63) is 0 Å². The molecule has 1 rings (SSSR count). The molecule has 0 spiro atoms. The third-order valence-electron chi connectivity index (χ3n) is 5.26. The van der Waals surface area contributed by atoms with E-state index in [9.17, 15) is 9.59 Å². The van der Waals surface area contributed by atoms with Crippen molar-refractivity contribution in [2.75, 3.05) is 21.3 Å². The summed E-state index contributed by atoms with van der Waals surface area (Å²) in [7, 11) is -1.97. The lowest BCUT2D eigenvalue weighted by atomic mass is 10.0. The van der Waals surface area contributed by atoms with E-state index >= 15 is 0 Å². The lowest BCUT2D eigenvalue weighted by Gasteiger charge is -2.42. The Kier molecular flexibility index (Phi) is 8.39. The molecule has 26 heavy (non-hydrogen) atoms. The molecular weight excluding hydrogens is 388 g/mol. The van der Waals surface area contributed by atoms with E-state index in [2.05, 4.69) is 37.8 Å². The van der Waals surface area contributed by atoms with Gasteiger partial charge in [-0.3, -0.25) is 9.59 Å². The van der Waals surface area contributed by atoms with Gasteiger partial charge in [0.1, 0.15) is 0 Å². The summed E-state index contributed by atoms with van der Waals surface area (Å²) >= 11 is 0. The molecule has 0 radical (unpaired) electrons. The Labute approximate surface area is 160 Å². The summed E-state index contributed by atoms with van der Waals surface area (Å²) in [5.74, 6) is -1.07. The van der Waals surface area contributed by atoms with E-state index in [4.69, 9.17) is 17.4 Å². The van der Waals surface area contributed by atoms with Crippen LogP contribution in [0, 0.1) is 5.92 Å². The summed E-state index contributed by atoms with van der Waals surface area (Å²) in [6, 6.07) is 0.926. The van der Waals surface area contributed by atoms with Crippen LogP contribution in [0.5, 0.6) is 0 Å². The minimum absolute atomic E-state index is 0.0872. The highest BCUT2D eigenvalue weighted by Gasteiger charge is 2.54. The van der Waals surface area contributed by atoms with Gasteiger partial charge in [-0.15, -0.1) is 0 Å². The Balaban J connectivity index is 2.65. The first kappa shape index (κ1) is 23.7. The van der Waals surface area contributed by atoms with Crippen molar-refractivity contribution in [2.45, 2.75) is 63.6 Å². The Morgan fingerprint density at radius 1 is 1.08 bits per heavy atom. The fourth-order valence-corrected chi connectivity index (χ4v) is 18.0. The number of ether oxygens (including phenoxy) is 1. The van der Waals surface area contributed by atoms with Crippen LogP contribution in [0.25, 0.3) is 0 Å². The molecule has 1 saturated heterocycles. The lowest BCUT2D eigenvalue weighted by molar-refractivity contribution is -0.153. The van der Waals surface area contributed by atoms with Crippen molar-refractivity contribution in [1.29, 1.82) is 0 Å². The first-order chi connectivity index (χ1) is 11.9. The van der Waals surface area contributed by atoms with Gasteiger partial charge in [-0.2, -0.15) is 0 Å². The van der Waals surface area contributed by atoms with Crippen molar-refractivity contribution in [1.82, 2.24) is 0 Å². The van der Waals surface area contributed by atoms with E-state index < -0.39 is 31.4 Å². The average molecular weight is 423 g/mol. The zero-order chi connectivity index (χ0) is 20.2. The molecule has 1 aliphatic rings. The summed E-state index contributed by atoms with van der Waals surface area (Å²) in [6.07, 6.45) is 1.74.